The van der Waals surface area contributed by atoms with Crippen LogP contribution in [0.5, 0.6) is 11.6 Å². The summed E-state index contributed by atoms with van der Waals surface area (Å²) in [5.41, 5.74) is 0.0342. The number of nitrogens with one attached hydrogen (secondary N) is 2. The molecule has 0 aliphatic carbocycles. The number of carbonyl (C=O) groups excluding carboxylic acids is 1. The van der Waals surface area contributed by atoms with E-state index in [1.807, 2.05) is 0 Å². The first-order chi connectivity index (χ1) is 15.9. The van der Waals surface area contributed by atoms with Crippen LogP contribution >= 0.6 is 11.3 Å². The quantitative estimate of drug-likeness (QED) is 0.376. The standard InChI is InChI=1S/C20H17F2N5O5S2/c1-8-4-9(21)6-25-18(8)32-15-13(22)20(34(23,30)31)33-16(15)11-7-27(3)19(29)14-10(11)5-12(26-14)17(28)24-2/h4-7,26H,1-3H3,(H,24,28)(H2,23,30,31). The van der Waals surface area contributed by atoms with E-state index in [-0.39, 0.29) is 38.5 Å². The smallest absolute Gasteiger partial charge is 0.274 e. The van der Waals surface area contributed by atoms with Crippen molar-refractivity contribution in [2.24, 2.45) is 12.2 Å². The van der Waals surface area contributed by atoms with Crippen LogP contribution in [0.3, 0.4) is 0 Å². The number of aryl methyl sites for hydroxylation is 2. The van der Waals surface area contributed by atoms with Gasteiger partial charge in [0.25, 0.3) is 21.5 Å². The number of halogens is 2. The fraction of sp³-hybridized carbons (Fsp3) is 0.150. The van der Waals surface area contributed by atoms with Crippen LogP contribution in [-0.2, 0) is 17.1 Å². The third-order valence-electron chi connectivity index (χ3n) is 4.91. The van der Waals surface area contributed by atoms with Gasteiger partial charge in [-0.25, -0.2) is 27.3 Å². The molecular weight excluding hydrogens is 492 g/mol. The molecule has 14 heteroatoms. The number of nitrogens with zero attached hydrogens (tertiary/aromatic N) is 2. The van der Waals surface area contributed by atoms with Crippen LogP contribution in [0.4, 0.5) is 8.78 Å². The van der Waals surface area contributed by atoms with Crippen LogP contribution < -0.4 is 20.8 Å². The van der Waals surface area contributed by atoms with E-state index in [9.17, 15) is 22.4 Å². The molecule has 0 bridgehead atoms. The lowest BCUT2D eigenvalue weighted by Gasteiger charge is -2.10. The second-order valence-corrected chi connectivity index (χ2v) is 10.1. The predicted molar refractivity (Wildman–Crippen MR) is 121 cm³/mol. The first-order valence-electron chi connectivity index (χ1n) is 9.52. The second kappa shape index (κ2) is 8.30. The van der Waals surface area contributed by atoms with E-state index in [4.69, 9.17) is 9.88 Å². The average molecular weight is 510 g/mol. The van der Waals surface area contributed by atoms with Gasteiger partial charge in [-0.05, 0) is 19.1 Å². The maximum Gasteiger partial charge on any atom is 0.274 e. The SMILES string of the molecule is CNC(=O)c1cc2c(-c3sc(S(N)(=O)=O)c(F)c3Oc3ncc(F)cc3C)cn(C)c(=O)c2[nH]1. The Morgan fingerprint density at radius 1 is 1.32 bits per heavy atom. The summed E-state index contributed by atoms with van der Waals surface area (Å²) in [5, 5.41) is 7.84. The van der Waals surface area contributed by atoms with Crippen LogP contribution in [0.2, 0.25) is 0 Å². The highest BCUT2D eigenvalue weighted by Gasteiger charge is 2.30. The fourth-order valence-corrected chi connectivity index (χ4v) is 5.25. The highest BCUT2D eigenvalue weighted by atomic mass is 32.2. The van der Waals surface area contributed by atoms with E-state index >= 15 is 4.39 Å². The monoisotopic (exact) mass is 509 g/mol. The minimum Gasteiger partial charge on any atom is -0.434 e. The summed E-state index contributed by atoms with van der Waals surface area (Å²) in [6.07, 6.45) is 2.21. The molecule has 4 aromatic heterocycles. The number of amides is 1. The largest absolute Gasteiger partial charge is 0.434 e. The maximum absolute atomic E-state index is 15.3. The summed E-state index contributed by atoms with van der Waals surface area (Å²) in [5.74, 6) is -3.11. The highest BCUT2D eigenvalue weighted by Crippen LogP contribution is 2.46. The minimum absolute atomic E-state index is 0.0323. The molecule has 10 nitrogen and oxygen atoms in total. The van der Waals surface area contributed by atoms with E-state index in [1.165, 1.54) is 37.8 Å². The van der Waals surface area contributed by atoms with E-state index in [2.05, 4.69) is 15.3 Å². The van der Waals surface area contributed by atoms with Gasteiger partial charge < -0.3 is 19.6 Å². The Labute approximate surface area is 195 Å². The number of hydrogen-bond acceptors (Lipinski definition) is 7. The van der Waals surface area contributed by atoms with Gasteiger partial charge in [-0.15, -0.1) is 11.3 Å². The van der Waals surface area contributed by atoms with Crippen molar-refractivity contribution in [3.8, 4) is 22.1 Å². The van der Waals surface area contributed by atoms with E-state index < -0.39 is 43.1 Å². The number of nitrogens with two attached hydrogens (primary N) is 1. The lowest BCUT2D eigenvalue weighted by atomic mass is 10.1. The zero-order valence-electron chi connectivity index (χ0n) is 17.9. The Bertz CT molecular complexity index is 1640. The lowest BCUT2D eigenvalue weighted by molar-refractivity contribution is 0.0959. The molecule has 0 aromatic carbocycles. The Morgan fingerprint density at radius 3 is 2.65 bits per heavy atom. The van der Waals surface area contributed by atoms with E-state index in [1.54, 1.807) is 0 Å². The number of fused-ring (bicyclic) bond motifs is 1. The molecule has 0 aliphatic rings. The number of hydrogen-bond donors (Lipinski definition) is 3. The summed E-state index contributed by atoms with van der Waals surface area (Å²) in [7, 11) is -1.65. The van der Waals surface area contributed by atoms with Crippen molar-refractivity contribution in [2.75, 3.05) is 7.05 Å². The molecule has 4 N–H and O–H groups in total. The summed E-state index contributed by atoms with van der Waals surface area (Å²) in [4.78, 5) is 31.3. The van der Waals surface area contributed by atoms with Crippen molar-refractivity contribution >= 4 is 38.2 Å². The van der Waals surface area contributed by atoms with Crippen molar-refractivity contribution < 1.29 is 26.7 Å². The molecule has 0 unspecified atom stereocenters. The lowest BCUT2D eigenvalue weighted by Crippen LogP contribution is -2.19. The number of pyridine rings is 2. The highest BCUT2D eigenvalue weighted by molar-refractivity contribution is 7.91. The number of sulfonamides is 1. The molecule has 0 spiro atoms. The molecule has 178 valence electrons. The molecule has 0 saturated carbocycles. The van der Waals surface area contributed by atoms with Crippen LogP contribution in [-0.4, -0.2) is 35.9 Å². The number of primary sulfonamides is 1. The van der Waals surface area contributed by atoms with Gasteiger partial charge in [-0.1, -0.05) is 0 Å². The number of ether oxygens (including phenoxy) is 1. The molecule has 0 aliphatic heterocycles. The van der Waals surface area contributed by atoms with Gasteiger partial charge in [0.1, 0.15) is 17.0 Å². The van der Waals surface area contributed by atoms with Crippen LogP contribution in [0, 0.1) is 18.6 Å². The maximum atomic E-state index is 15.3. The second-order valence-electron chi connectivity index (χ2n) is 7.29. The number of H-pyrrole nitrogens is 1. The topological polar surface area (TPSA) is 149 Å². The van der Waals surface area contributed by atoms with E-state index in [0.29, 0.717) is 11.3 Å². The van der Waals surface area contributed by atoms with Gasteiger partial charge in [0, 0.05) is 36.8 Å². The Balaban J connectivity index is 2.04. The van der Waals surface area contributed by atoms with Crippen molar-refractivity contribution in [3.63, 3.8) is 0 Å². The summed E-state index contributed by atoms with van der Waals surface area (Å²) in [6.45, 7) is 1.47. The number of aromatic amines is 1. The fourth-order valence-electron chi connectivity index (χ4n) is 3.33. The first-order valence-corrected chi connectivity index (χ1v) is 11.9. The van der Waals surface area contributed by atoms with Crippen molar-refractivity contribution in [1.29, 1.82) is 0 Å². The predicted octanol–water partition coefficient (Wildman–Crippen LogP) is 2.38. The van der Waals surface area contributed by atoms with Crippen molar-refractivity contribution in [3.05, 3.63) is 57.8 Å². The third kappa shape index (κ3) is 3.95. The van der Waals surface area contributed by atoms with Gasteiger partial charge in [-0.3, -0.25) is 9.59 Å². The third-order valence-corrected chi connectivity index (χ3v) is 7.53. The molecule has 4 rings (SSSR count). The summed E-state index contributed by atoms with van der Waals surface area (Å²) in [6, 6.07) is 2.49. The number of carbonyl (C=O) groups is 1. The van der Waals surface area contributed by atoms with Gasteiger partial charge in [0.05, 0.1) is 11.1 Å². The van der Waals surface area contributed by atoms with Gasteiger partial charge in [-0.2, -0.15) is 0 Å². The van der Waals surface area contributed by atoms with Crippen LogP contribution in [0.15, 0.2) is 33.5 Å². The molecule has 1 amide bonds. The van der Waals surface area contributed by atoms with Crippen molar-refractivity contribution in [2.45, 2.75) is 11.1 Å². The minimum atomic E-state index is -4.49. The molecule has 0 saturated heterocycles. The number of aromatic nitrogens is 3. The van der Waals surface area contributed by atoms with Gasteiger partial charge in [0.15, 0.2) is 15.8 Å². The Kier molecular flexibility index (Phi) is 5.75. The van der Waals surface area contributed by atoms with Crippen LogP contribution in [0.1, 0.15) is 16.1 Å². The average Bonchev–Trinajstić information content (AvgIpc) is 3.34. The summed E-state index contributed by atoms with van der Waals surface area (Å²) >= 11 is 0.483. The zero-order chi connectivity index (χ0) is 24.9. The summed E-state index contributed by atoms with van der Waals surface area (Å²) < 4.78 is 58.9. The number of rotatable bonds is 5. The molecule has 34 heavy (non-hydrogen) atoms. The van der Waals surface area contributed by atoms with E-state index in [0.717, 1.165) is 12.3 Å². The zero-order valence-corrected chi connectivity index (χ0v) is 19.5. The van der Waals surface area contributed by atoms with Crippen molar-refractivity contribution in [1.82, 2.24) is 19.9 Å². The normalized spacial score (nSPS) is 11.7. The van der Waals surface area contributed by atoms with Gasteiger partial charge in [0.2, 0.25) is 5.88 Å². The molecule has 0 atom stereocenters. The van der Waals surface area contributed by atoms with Crippen LogP contribution in [0.25, 0.3) is 21.3 Å². The first kappa shape index (κ1) is 23.5. The molecular formula is C20H17F2N5O5S2. The molecule has 0 fully saturated rings. The molecule has 4 aromatic rings. The molecule has 4 heterocycles. The number of thiophene rings is 1. The Hall–Kier alpha value is -3.62. The molecule has 0 radical (unpaired) electrons. The Morgan fingerprint density at radius 2 is 2.03 bits per heavy atom. The van der Waals surface area contributed by atoms with Gasteiger partial charge >= 0.3 is 0 Å².